The summed E-state index contributed by atoms with van der Waals surface area (Å²) in [6.45, 7) is 8.81. The Bertz CT molecular complexity index is 2170. The van der Waals surface area contributed by atoms with Gasteiger partial charge in [-0.15, -0.1) is 6.42 Å². The third-order valence-corrected chi connectivity index (χ3v) is 11.2. The highest BCUT2D eigenvalue weighted by molar-refractivity contribution is 6.05. The number of piperazine rings is 1. The van der Waals surface area contributed by atoms with E-state index in [9.17, 15) is 5.11 Å². The van der Waals surface area contributed by atoms with E-state index < -0.39 is 5.82 Å². The van der Waals surface area contributed by atoms with Crippen molar-refractivity contribution in [2.24, 2.45) is 5.41 Å². The molecule has 3 aromatic carbocycles. The standard InChI is InChI=1S/C41H41FN6O2/c1-4-25-7-5-8-26-15-30(49)16-32(35(25)26)36-31(24(2)3)17-33-38(37(36)42)45-40(46-39(33)48-19-28-10-11-29(20-48)44-28)50-23-41(12-13-41)22-47-18-27-9-6-14-43-34(27)21-47/h1,5-9,14-17,24,28-29,44,49H,10-13,18-23H2,2-3H3. The van der Waals surface area contributed by atoms with E-state index in [0.717, 1.165) is 80.4 Å². The largest absolute Gasteiger partial charge is 0.508 e. The van der Waals surface area contributed by atoms with Gasteiger partial charge in [-0.3, -0.25) is 9.88 Å². The fourth-order valence-electron chi connectivity index (χ4n) is 8.54. The quantitative estimate of drug-likeness (QED) is 0.173. The molecule has 254 valence electrons. The highest BCUT2D eigenvalue weighted by Crippen LogP contribution is 2.48. The van der Waals surface area contributed by atoms with Crippen LogP contribution < -0.4 is 15.0 Å². The Hall–Kier alpha value is -4.78. The third-order valence-electron chi connectivity index (χ3n) is 11.2. The Morgan fingerprint density at radius 2 is 1.90 bits per heavy atom. The first kappa shape index (κ1) is 31.2. The molecular weight excluding hydrogens is 627 g/mol. The molecule has 2 saturated heterocycles. The number of aromatic nitrogens is 3. The van der Waals surface area contributed by atoms with E-state index in [-0.39, 0.29) is 28.6 Å². The lowest BCUT2D eigenvalue weighted by molar-refractivity contribution is 0.154. The van der Waals surface area contributed by atoms with Crippen LogP contribution in [0.15, 0.2) is 54.7 Å². The summed E-state index contributed by atoms with van der Waals surface area (Å²) in [5.74, 6) is 3.04. The van der Waals surface area contributed by atoms with Crippen LogP contribution in [-0.4, -0.2) is 63.3 Å². The predicted octanol–water partition coefficient (Wildman–Crippen LogP) is 6.91. The van der Waals surface area contributed by atoms with Crippen molar-refractivity contribution in [1.29, 1.82) is 0 Å². The summed E-state index contributed by atoms with van der Waals surface area (Å²) in [6, 6.07) is 16.0. The molecule has 9 rings (SSSR count). The smallest absolute Gasteiger partial charge is 0.319 e. The summed E-state index contributed by atoms with van der Waals surface area (Å²) < 4.78 is 24.0. The Morgan fingerprint density at radius 1 is 1.08 bits per heavy atom. The minimum atomic E-state index is -0.458. The summed E-state index contributed by atoms with van der Waals surface area (Å²) in [6.07, 6.45) is 12.2. The third kappa shape index (κ3) is 5.42. The van der Waals surface area contributed by atoms with Crippen LogP contribution in [0.4, 0.5) is 10.2 Å². The lowest BCUT2D eigenvalue weighted by Gasteiger charge is -2.34. The molecule has 1 saturated carbocycles. The Labute approximate surface area is 291 Å². The second-order valence-electron chi connectivity index (χ2n) is 15.2. The molecule has 50 heavy (non-hydrogen) atoms. The number of hydrogen-bond acceptors (Lipinski definition) is 8. The lowest BCUT2D eigenvalue weighted by Crippen LogP contribution is -2.51. The molecule has 5 aromatic rings. The minimum Gasteiger partial charge on any atom is -0.508 e. The molecule has 2 unspecified atom stereocenters. The summed E-state index contributed by atoms with van der Waals surface area (Å²) in [4.78, 5) is 19.2. The summed E-state index contributed by atoms with van der Waals surface area (Å²) in [5.41, 5.74) is 5.06. The van der Waals surface area contributed by atoms with Crippen LogP contribution in [0.3, 0.4) is 0 Å². The van der Waals surface area contributed by atoms with Crippen molar-refractivity contribution in [3.05, 3.63) is 82.9 Å². The molecule has 0 amide bonds. The van der Waals surface area contributed by atoms with Crippen molar-refractivity contribution < 1.29 is 14.2 Å². The van der Waals surface area contributed by atoms with Gasteiger partial charge in [0.25, 0.3) is 0 Å². The highest BCUT2D eigenvalue weighted by atomic mass is 19.1. The number of nitrogens with zero attached hydrogens (tertiary/aromatic N) is 5. The Balaban J connectivity index is 1.15. The number of phenols is 1. The lowest BCUT2D eigenvalue weighted by atomic mass is 9.86. The normalized spacial score (nSPS) is 20.8. The van der Waals surface area contributed by atoms with Crippen molar-refractivity contribution >= 4 is 27.5 Å². The van der Waals surface area contributed by atoms with E-state index in [0.29, 0.717) is 46.6 Å². The van der Waals surface area contributed by atoms with Gasteiger partial charge in [-0.05, 0) is 84.0 Å². The molecule has 3 aliphatic heterocycles. The second kappa shape index (κ2) is 11.9. The maximum atomic E-state index is 17.5. The van der Waals surface area contributed by atoms with Crippen molar-refractivity contribution in [3.63, 3.8) is 0 Å². The van der Waals surface area contributed by atoms with Gasteiger partial charge >= 0.3 is 6.01 Å². The second-order valence-corrected chi connectivity index (χ2v) is 15.2. The fourth-order valence-corrected chi connectivity index (χ4v) is 8.54. The molecule has 0 radical (unpaired) electrons. The van der Waals surface area contributed by atoms with E-state index in [4.69, 9.17) is 21.1 Å². The van der Waals surface area contributed by atoms with Crippen LogP contribution in [0.2, 0.25) is 0 Å². The van der Waals surface area contributed by atoms with E-state index >= 15 is 4.39 Å². The Morgan fingerprint density at radius 3 is 2.64 bits per heavy atom. The predicted molar refractivity (Wildman–Crippen MR) is 194 cm³/mol. The topological polar surface area (TPSA) is 86.6 Å². The minimum absolute atomic E-state index is 0.00594. The first-order chi connectivity index (χ1) is 24.3. The number of hydrogen-bond donors (Lipinski definition) is 2. The number of terminal acetylenes is 1. The van der Waals surface area contributed by atoms with E-state index in [1.165, 1.54) is 5.56 Å². The van der Waals surface area contributed by atoms with Gasteiger partial charge in [-0.2, -0.15) is 9.97 Å². The van der Waals surface area contributed by atoms with Crippen LogP contribution in [0.1, 0.15) is 67.8 Å². The van der Waals surface area contributed by atoms with Crippen LogP contribution in [0.25, 0.3) is 32.8 Å². The van der Waals surface area contributed by atoms with Gasteiger partial charge in [0.05, 0.1) is 12.3 Å². The first-order valence-corrected chi connectivity index (χ1v) is 17.8. The van der Waals surface area contributed by atoms with Crippen LogP contribution >= 0.6 is 0 Å². The number of pyridine rings is 1. The molecule has 2 bridgehead atoms. The van der Waals surface area contributed by atoms with Gasteiger partial charge in [0.15, 0.2) is 5.82 Å². The molecule has 1 aliphatic carbocycles. The first-order valence-electron chi connectivity index (χ1n) is 17.8. The average molecular weight is 669 g/mol. The molecule has 2 atom stereocenters. The van der Waals surface area contributed by atoms with E-state index in [1.54, 1.807) is 12.1 Å². The molecule has 0 spiro atoms. The number of anilines is 1. The van der Waals surface area contributed by atoms with Gasteiger partial charge < -0.3 is 20.1 Å². The van der Waals surface area contributed by atoms with Gasteiger partial charge in [0, 0.05) is 78.3 Å². The maximum Gasteiger partial charge on any atom is 0.319 e. The van der Waals surface area contributed by atoms with Crippen LogP contribution in [0.5, 0.6) is 11.8 Å². The van der Waals surface area contributed by atoms with E-state index in [2.05, 4.69) is 52.0 Å². The molecule has 9 heteroatoms. The number of nitrogens with one attached hydrogen (secondary N) is 1. The van der Waals surface area contributed by atoms with Gasteiger partial charge in [-0.25, -0.2) is 4.39 Å². The van der Waals surface area contributed by atoms with E-state index in [1.807, 2.05) is 30.5 Å². The summed E-state index contributed by atoms with van der Waals surface area (Å²) in [5, 5.41) is 16.7. The van der Waals surface area contributed by atoms with Crippen LogP contribution in [0, 0.1) is 23.6 Å². The number of rotatable bonds is 8. The zero-order chi connectivity index (χ0) is 34.1. The van der Waals surface area contributed by atoms with Crippen molar-refractivity contribution in [2.45, 2.75) is 70.6 Å². The molecule has 4 aliphatic rings. The van der Waals surface area contributed by atoms with Gasteiger partial charge in [0.2, 0.25) is 0 Å². The number of benzene rings is 3. The van der Waals surface area contributed by atoms with Gasteiger partial charge in [0.1, 0.15) is 17.1 Å². The number of halogens is 1. The molecule has 5 heterocycles. The molecule has 2 N–H and O–H groups in total. The number of aromatic hydroxyl groups is 1. The number of fused-ring (bicyclic) bond motifs is 5. The zero-order valence-electron chi connectivity index (χ0n) is 28.5. The zero-order valence-corrected chi connectivity index (χ0v) is 28.5. The molecular formula is C41H41FN6O2. The SMILES string of the molecule is C#Cc1cccc2cc(O)cc(-c3c(C(C)C)cc4c(N5CC6CCC(C5)N6)nc(OCC5(CN6Cc7cccnc7C6)CC5)nc4c3F)c12. The fraction of sp³-hybridized carbons (Fsp3) is 0.390. The summed E-state index contributed by atoms with van der Waals surface area (Å²) in [7, 11) is 0. The maximum absolute atomic E-state index is 17.5. The molecule has 2 aromatic heterocycles. The van der Waals surface area contributed by atoms with Gasteiger partial charge in [-0.1, -0.05) is 38.0 Å². The van der Waals surface area contributed by atoms with Crippen molar-refractivity contribution in [1.82, 2.24) is 25.2 Å². The number of ether oxygens (including phenoxy) is 1. The van der Waals surface area contributed by atoms with Crippen LogP contribution in [-0.2, 0) is 13.1 Å². The summed E-state index contributed by atoms with van der Waals surface area (Å²) >= 11 is 0. The Kier molecular flexibility index (Phi) is 7.45. The monoisotopic (exact) mass is 668 g/mol. The number of phenolic OH excluding ortho intramolecular Hbond substituents is 1. The van der Waals surface area contributed by atoms with Crippen molar-refractivity contribution in [3.8, 4) is 35.2 Å². The average Bonchev–Trinajstić information content (AvgIpc) is 3.62. The highest BCUT2D eigenvalue weighted by Gasteiger charge is 2.46. The molecule has 8 nitrogen and oxygen atoms in total. The molecule has 3 fully saturated rings. The van der Waals surface area contributed by atoms with Crippen molar-refractivity contribution in [2.75, 3.05) is 31.1 Å².